The van der Waals surface area contributed by atoms with Crippen molar-refractivity contribution in [2.45, 2.75) is 32.2 Å². The van der Waals surface area contributed by atoms with Gasteiger partial charge in [-0.15, -0.1) is 0 Å². The lowest BCUT2D eigenvalue weighted by atomic mass is 9.79. The molecule has 0 aromatic rings. The van der Waals surface area contributed by atoms with E-state index in [9.17, 15) is 0 Å². The van der Waals surface area contributed by atoms with Gasteiger partial charge >= 0.3 is 0 Å². The molecule has 0 aromatic heterocycles. The Morgan fingerprint density at radius 1 is 1.00 bits per heavy atom. The zero-order chi connectivity index (χ0) is 13.9. The van der Waals surface area contributed by atoms with Gasteiger partial charge in [-0.25, -0.2) is 0 Å². The van der Waals surface area contributed by atoms with Gasteiger partial charge < -0.3 is 10.2 Å². The molecular weight excluding hydrogens is 236 g/mol. The van der Waals surface area contributed by atoms with E-state index in [4.69, 9.17) is 0 Å². The van der Waals surface area contributed by atoms with Crippen molar-refractivity contribution in [3.05, 3.63) is 0 Å². The molecule has 0 aliphatic carbocycles. The second-order valence-corrected chi connectivity index (χ2v) is 6.85. The molecule has 4 heteroatoms. The molecule has 2 heterocycles. The molecule has 0 aromatic carbocycles. The molecule has 0 radical (unpaired) electrons. The third kappa shape index (κ3) is 3.69. The molecule has 2 aliphatic rings. The van der Waals surface area contributed by atoms with E-state index in [1.54, 1.807) is 0 Å². The lowest BCUT2D eigenvalue weighted by Crippen LogP contribution is -2.58. The Morgan fingerprint density at radius 2 is 1.58 bits per heavy atom. The molecule has 2 fully saturated rings. The Bertz CT molecular complexity index is 263. The first-order chi connectivity index (χ1) is 9.04. The van der Waals surface area contributed by atoms with Gasteiger partial charge in [0.25, 0.3) is 0 Å². The number of nitrogens with zero attached hydrogens (tertiary/aromatic N) is 3. The van der Waals surface area contributed by atoms with E-state index in [1.807, 2.05) is 7.05 Å². The Hall–Kier alpha value is -0.160. The van der Waals surface area contributed by atoms with Crippen LogP contribution in [0.1, 0.15) is 26.7 Å². The van der Waals surface area contributed by atoms with Gasteiger partial charge in [0.2, 0.25) is 0 Å². The van der Waals surface area contributed by atoms with Crippen LogP contribution in [0.4, 0.5) is 0 Å². The number of hydrogen-bond donors (Lipinski definition) is 1. The van der Waals surface area contributed by atoms with Crippen LogP contribution in [0.15, 0.2) is 0 Å². The monoisotopic (exact) mass is 268 g/mol. The highest BCUT2D eigenvalue weighted by Crippen LogP contribution is 2.33. The van der Waals surface area contributed by atoms with E-state index in [0.717, 1.165) is 12.6 Å². The first-order valence-corrected chi connectivity index (χ1v) is 7.84. The van der Waals surface area contributed by atoms with E-state index >= 15 is 0 Å². The number of rotatable bonds is 4. The molecule has 0 bridgehead atoms. The lowest BCUT2D eigenvalue weighted by molar-refractivity contribution is -0.00109. The standard InChI is InChI=1S/C15H32N4/c1-15(2,19-11-9-17(4)10-12-19)14-5-7-18(8-6-14)13-16-3/h14,16H,5-13H2,1-4H3. The third-order valence-electron chi connectivity index (χ3n) is 5.29. The van der Waals surface area contributed by atoms with Crippen molar-refractivity contribution in [2.75, 3.05) is 60.0 Å². The van der Waals surface area contributed by atoms with Crippen LogP contribution < -0.4 is 5.32 Å². The van der Waals surface area contributed by atoms with Crippen molar-refractivity contribution in [3.8, 4) is 0 Å². The fourth-order valence-corrected chi connectivity index (χ4v) is 3.66. The minimum absolute atomic E-state index is 0.368. The zero-order valence-electron chi connectivity index (χ0n) is 13.3. The number of piperidine rings is 1. The van der Waals surface area contributed by atoms with Gasteiger partial charge in [-0.05, 0) is 59.8 Å². The maximum absolute atomic E-state index is 3.27. The highest BCUT2D eigenvalue weighted by Gasteiger charge is 2.37. The van der Waals surface area contributed by atoms with E-state index in [0.29, 0.717) is 5.54 Å². The summed E-state index contributed by atoms with van der Waals surface area (Å²) in [5.41, 5.74) is 0.368. The quantitative estimate of drug-likeness (QED) is 0.818. The van der Waals surface area contributed by atoms with Crippen LogP contribution in [-0.2, 0) is 0 Å². The van der Waals surface area contributed by atoms with Crippen LogP contribution in [0.3, 0.4) is 0 Å². The van der Waals surface area contributed by atoms with Gasteiger partial charge in [0.1, 0.15) is 0 Å². The summed E-state index contributed by atoms with van der Waals surface area (Å²) >= 11 is 0. The predicted octanol–water partition coefficient (Wildman–Crippen LogP) is 0.901. The summed E-state index contributed by atoms with van der Waals surface area (Å²) in [6, 6.07) is 0. The van der Waals surface area contributed by atoms with Crippen LogP contribution in [0.25, 0.3) is 0 Å². The molecule has 19 heavy (non-hydrogen) atoms. The predicted molar refractivity (Wildman–Crippen MR) is 81.4 cm³/mol. The summed E-state index contributed by atoms with van der Waals surface area (Å²) in [6.07, 6.45) is 2.70. The van der Waals surface area contributed by atoms with E-state index in [2.05, 4.69) is 40.9 Å². The molecule has 2 rings (SSSR count). The highest BCUT2D eigenvalue weighted by atomic mass is 15.3. The average molecular weight is 268 g/mol. The van der Waals surface area contributed by atoms with Crippen LogP contribution in [0.2, 0.25) is 0 Å². The van der Waals surface area contributed by atoms with Gasteiger partial charge in [0, 0.05) is 38.4 Å². The van der Waals surface area contributed by atoms with Crippen LogP contribution in [0, 0.1) is 5.92 Å². The Morgan fingerprint density at radius 3 is 2.11 bits per heavy atom. The van der Waals surface area contributed by atoms with Crippen molar-refractivity contribution < 1.29 is 0 Å². The first-order valence-electron chi connectivity index (χ1n) is 7.84. The van der Waals surface area contributed by atoms with Gasteiger partial charge in [-0.3, -0.25) is 9.80 Å². The van der Waals surface area contributed by atoms with E-state index in [1.165, 1.54) is 52.1 Å². The van der Waals surface area contributed by atoms with Crippen LogP contribution in [0.5, 0.6) is 0 Å². The van der Waals surface area contributed by atoms with Crippen molar-refractivity contribution >= 4 is 0 Å². The molecule has 112 valence electrons. The molecule has 2 aliphatic heterocycles. The third-order valence-corrected chi connectivity index (χ3v) is 5.29. The second-order valence-electron chi connectivity index (χ2n) is 6.85. The SMILES string of the molecule is CNCN1CCC(C(C)(C)N2CCN(C)CC2)CC1. The normalized spacial score (nSPS) is 25.9. The van der Waals surface area contributed by atoms with Gasteiger partial charge in [-0.2, -0.15) is 0 Å². The Kier molecular flexibility index (Phi) is 5.23. The lowest BCUT2D eigenvalue weighted by Gasteiger charge is -2.49. The van der Waals surface area contributed by atoms with Crippen molar-refractivity contribution in [1.29, 1.82) is 0 Å². The largest absolute Gasteiger partial charge is 0.307 e. The van der Waals surface area contributed by atoms with Crippen molar-refractivity contribution in [2.24, 2.45) is 5.92 Å². The zero-order valence-corrected chi connectivity index (χ0v) is 13.3. The second kappa shape index (κ2) is 6.53. The number of likely N-dealkylation sites (N-methyl/N-ethyl adjacent to an activating group) is 1. The molecule has 0 amide bonds. The summed E-state index contributed by atoms with van der Waals surface area (Å²) < 4.78 is 0. The van der Waals surface area contributed by atoms with E-state index < -0.39 is 0 Å². The Balaban J connectivity index is 1.86. The smallest absolute Gasteiger partial charge is 0.0477 e. The summed E-state index contributed by atoms with van der Waals surface area (Å²) in [5.74, 6) is 0.851. The molecule has 2 saturated heterocycles. The molecular formula is C15H32N4. The van der Waals surface area contributed by atoms with E-state index in [-0.39, 0.29) is 0 Å². The maximum atomic E-state index is 3.27. The summed E-state index contributed by atoms with van der Waals surface area (Å²) in [6.45, 7) is 13.4. The maximum Gasteiger partial charge on any atom is 0.0477 e. The fourth-order valence-electron chi connectivity index (χ4n) is 3.66. The van der Waals surface area contributed by atoms with Gasteiger partial charge in [0.15, 0.2) is 0 Å². The summed E-state index contributed by atoms with van der Waals surface area (Å²) in [4.78, 5) is 7.71. The molecule has 0 unspecified atom stereocenters. The molecule has 0 spiro atoms. The minimum atomic E-state index is 0.368. The number of nitrogens with one attached hydrogen (secondary N) is 1. The number of piperazine rings is 1. The van der Waals surface area contributed by atoms with Crippen LogP contribution in [-0.4, -0.2) is 80.3 Å². The molecule has 0 atom stereocenters. The molecule has 4 nitrogen and oxygen atoms in total. The van der Waals surface area contributed by atoms with Gasteiger partial charge in [0.05, 0.1) is 0 Å². The number of hydrogen-bond acceptors (Lipinski definition) is 4. The summed E-state index contributed by atoms with van der Waals surface area (Å²) in [7, 11) is 4.28. The molecule has 1 N–H and O–H groups in total. The van der Waals surface area contributed by atoms with Crippen LogP contribution >= 0.6 is 0 Å². The minimum Gasteiger partial charge on any atom is -0.307 e. The first kappa shape index (κ1) is 15.2. The molecule has 0 saturated carbocycles. The number of likely N-dealkylation sites (tertiary alicyclic amines) is 1. The Labute approximate surface area is 119 Å². The topological polar surface area (TPSA) is 21.8 Å². The summed E-state index contributed by atoms with van der Waals surface area (Å²) in [5, 5.41) is 3.27. The van der Waals surface area contributed by atoms with Crippen molar-refractivity contribution in [1.82, 2.24) is 20.0 Å². The average Bonchev–Trinajstić information content (AvgIpc) is 2.40. The highest BCUT2D eigenvalue weighted by molar-refractivity contribution is 4.93. The van der Waals surface area contributed by atoms with Crippen molar-refractivity contribution in [3.63, 3.8) is 0 Å². The fraction of sp³-hybridized carbons (Fsp3) is 1.00. The van der Waals surface area contributed by atoms with Gasteiger partial charge in [-0.1, -0.05) is 0 Å².